The lowest BCUT2D eigenvalue weighted by Crippen LogP contribution is -2.40. The summed E-state index contributed by atoms with van der Waals surface area (Å²) in [7, 11) is 3.22. The molecule has 8 nitrogen and oxygen atoms in total. The summed E-state index contributed by atoms with van der Waals surface area (Å²) in [5.74, 6) is 0.368. The number of oxime groups is 1. The molecule has 1 aliphatic rings. The topological polar surface area (TPSA) is 94.9 Å². The molecular weight excluding hydrogens is 356 g/mol. The number of rotatable bonds is 7. The van der Waals surface area contributed by atoms with E-state index < -0.39 is 5.60 Å². The van der Waals surface area contributed by atoms with Crippen molar-refractivity contribution < 1.29 is 19.1 Å². The third-order valence-electron chi connectivity index (χ3n) is 3.97. The van der Waals surface area contributed by atoms with Crippen LogP contribution in [0.25, 0.3) is 0 Å². The summed E-state index contributed by atoms with van der Waals surface area (Å²) in [4.78, 5) is 18.1. The Hall–Kier alpha value is -2.52. The lowest BCUT2D eigenvalue weighted by atomic mass is 9.95. The van der Waals surface area contributed by atoms with E-state index in [1.807, 2.05) is 24.3 Å². The van der Waals surface area contributed by atoms with Gasteiger partial charge in [0, 0.05) is 25.5 Å². The largest absolute Gasteiger partial charge is 0.496 e. The summed E-state index contributed by atoms with van der Waals surface area (Å²) in [5, 5.41) is 16.1. The maximum Gasteiger partial charge on any atom is 0.273 e. The second kappa shape index (κ2) is 7.79. The van der Waals surface area contributed by atoms with Crippen LogP contribution in [0.2, 0.25) is 0 Å². The number of amides is 1. The van der Waals surface area contributed by atoms with Gasteiger partial charge in [0.2, 0.25) is 10.7 Å². The molecular formula is C17H20N4O4S. The van der Waals surface area contributed by atoms with Gasteiger partial charge in [0.25, 0.3) is 5.91 Å². The Kier molecular flexibility index (Phi) is 5.48. The fourth-order valence-corrected chi connectivity index (χ4v) is 3.23. The predicted octanol–water partition coefficient (Wildman–Crippen LogP) is 2.26. The van der Waals surface area contributed by atoms with Crippen molar-refractivity contribution in [3.63, 3.8) is 0 Å². The highest BCUT2D eigenvalue weighted by atomic mass is 32.1. The maximum absolute atomic E-state index is 12.7. The van der Waals surface area contributed by atoms with Crippen LogP contribution in [0.4, 0.5) is 5.13 Å². The van der Waals surface area contributed by atoms with Gasteiger partial charge in [-0.1, -0.05) is 28.6 Å². The summed E-state index contributed by atoms with van der Waals surface area (Å²) in [6, 6.07) is 7.49. The number of para-hydroxylation sites is 1. The molecule has 0 radical (unpaired) electrons. The van der Waals surface area contributed by atoms with E-state index >= 15 is 0 Å². The molecule has 0 unspecified atom stereocenters. The summed E-state index contributed by atoms with van der Waals surface area (Å²) < 4.78 is 10.4. The third-order valence-corrected chi connectivity index (χ3v) is 4.87. The van der Waals surface area contributed by atoms with E-state index in [0.717, 1.165) is 10.6 Å². The molecule has 2 aromatic rings. The van der Waals surface area contributed by atoms with Crippen LogP contribution < -0.4 is 10.1 Å². The van der Waals surface area contributed by atoms with E-state index in [4.69, 9.17) is 14.3 Å². The van der Waals surface area contributed by atoms with Crippen LogP contribution >= 0.6 is 11.3 Å². The zero-order valence-corrected chi connectivity index (χ0v) is 15.6. The molecule has 0 bridgehead atoms. The molecule has 1 aliphatic heterocycles. The molecule has 1 N–H and O–H groups in total. The number of nitrogens with zero attached hydrogens (tertiary/aromatic N) is 3. The van der Waals surface area contributed by atoms with Gasteiger partial charge in [-0.25, -0.2) is 0 Å². The average Bonchev–Trinajstić information content (AvgIpc) is 3.27. The number of carbonyl (C=O) groups excluding carboxylic acids is 1. The van der Waals surface area contributed by atoms with Crippen molar-refractivity contribution in [1.29, 1.82) is 0 Å². The normalized spacial score (nSPS) is 19.0. The van der Waals surface area contributed by atoms with Crippen molar-refractivity contribution in [2.75, 3.05) is 26.1 Å². The number of anilines is 1. The van der Waals surface area contributed by atoms with Gasteiger partial charge in [-0.15, -0.1) is 10.2 Å². The molecule has 1 atom stereocenters. The number of methoxy groups -OCH3 is 2. The van der Waals surface area contributed by atoms with Crippen LogP contribution in [-0.2, 0) is 20.8 Å². The predicted molar refractivity (Wildman–Crippen MR) is 97.8 cm³/mol. The second-order valence-corrected chi connectivity index (χ2v) is 7.00. The molecule has 0 spiro atoms. The number of aromatic nitrogens is 2. The number of carbonyl (C=O) groups is 1. The molecule has 3 rings (SSSR count). The molecule has 0 saturated carbocycles. The molecule has 0 aliphatic carbocycles. The first-order chi connectivity index (χ1) is 12.6. The molecule has 1 aromatic heterocycles. The van der Waals surface area contributed by atoms with Crippen molar-refractivity contribution in [3.05, 3.63) is 34.8 Å². The average molecular weight is 376 g/mol. The Bertz CT molecular complexity index is 823. The summed E-state index contributed by atoms with van der Waals surface area (Å²) >= 11 is 1.31. The Balaban J connectivity index is 1.66. The Labute approximate surface area is 155 Å². The van der Waals surface area contributed by atoms with Gasteiger partial charge in [-0.05, 0) is 19.1 Å². The molecule has 26 heavy (non-hydrogen) atoms. The van der Waals surface area contributed by atoms with Crippen LogP contribution in [0.1, 0.15) is 23.9 Å². The van der Waals surface area contributed by atoms with E-state index in [-0.39, 0.29) is 5.91 Å². The molecule has 0 fully saturated rings. The zero-order chi connectivity index (χ0) is 18.6. The van der Waals surface area contributed by atoms with Gasteiger partial charge in [0.15, 0.2) is 0 Å². The first-order valence-electron chi connectivity index (χ1n) is 8.07. The number of ether oxygens (including phenoxy) is 2. The van der Waals surface area contributed by atoms with Crippen molar-refractivity contribution >= 4 is 28.1 Å². The molecule has 138 valence electrons. The summed E-state index contributed by atoms with van der Waals surface area (Å²) in [6.45, 7) is 2.25. The molecule has 2 heterocycles. The molecule has 9 heteroatoms. The van der Waals surface area contributed by atoms with E-state index in [1.165, 1.54) is 11.3 Å². The van der Waals surface area contributed by atoms with E-state index in [9.17, 15) is 4.79 Å². The minimum atomic E-state index is -1.12. The van der Waals surface area contributed by atoms with Crippen molar-refractivity contribution in [1.82, 2.24) is 10.2 Å². The fourth-order valence-electron chi connectivity index (χ4n) is 2.51. The van der Waals surface area contributed by atoms with Gasteiger partial charge in [0.05, 0.1) is 19.4 Å². The SMILES string of the molecule is COCCc1nnc(NC(=O)[C@@]2(C)CC(c3ccccc3OC)=NO2)s1. The van der Waals surface area contributed by atoms with Crippen molar-refractivity contribution in [2.45, 2.75) is 25.4 Å². The number of hydrogen-bond acceptors (Lipinski definition) is 8. The monoisotopic (exact) mass is 376 g/mol. The van der Waals surface area contributed by atoms with E-state index in [1.54, 1.807) is 21.1 Å². The van der Waals surface area contributed by atoms with Gasteiger partial charge in [0.1, 0.15) is 10.8 Å². The van der Waals surface area contributed by atoms with E-state index in [2.05, 4.69) is 20.7 Å². The van der Waals surface area contributed by atoms with Crippen LogP contribution in [0, 0.1) is 0 Å². The quantitative estimate of drug-likeness (QED) is 0.796. The smallest absolute Gasteiger partial charge is 0.273 e. The minimum Gasteiger partial charge on any atom is -0.496 e. The Morgan fingerprint density at radius 3 is 2.92 bits per heavy atom. The minimum absolute atomic E-state index is 0.319. The maximum atomic E-state index is 12.7. The highest BCUT2D eigenvalue weighted by Crippen LogP contribution is 2.31. The standard InChI is InChI=1S/C17H20N4O4S/c1-17(15(22)18-16-20-19-14(26-16)8-9-23-2)10-12(21-25-17)11-6-4-5-7-13(11)24-3/h4-7H,8-10H2,1-3H3,(H,18,20,22)/t17-/m1/s1. The Morgan fingerprint density at radius 2 is 2.15 bits per heavy atom. The molecule has 1 aromatic carbocycles. The van der Waals surface area contributed by atoms with Crippen LogP contribution in [0.5, 0.6) is 5.75 Å². The van der Waals surface area contributed by atoms with Crippen LogP contribution in [-0.4, -0.2) is 48.2 Å². The van der Waals surface area contributed by atoms with Crippen LogP contribution in [0.3, 0.4) is 0 Å². The van der Waals surface area contributed by atoms with Gasteiger partial charge >= 0.3 is 0 Å². The van der Waals surface area contributed by atoms with E-state index in [0.29, 0.717) is 36.0 Å². The zero-order valence-electron chi connectivity index (χ0n) is 14.8. The van der Waals surface area contributed by atoms with Gasteiger partial charge in [-0.3, -0.25) is 10.1 Å². The number of benzene rings is 1. The van der Waals surface area contributed by atoms with Crippen molar-refractivity contribution in [3.8, 4) is 5.75 Å². The Morgan fingerprint density at radius 1 is 1.35 bits per heavy atom. The lowest BCUT2D eigenvalue weighted by Gasteiger charge is -2.19. The van der Waals surface area contributed by atoms with Crippen molar-refractivity contribution in [2.24, 2.45) is 5.16 Å². The lowest BCUT2D eigenvalue weighted by molar-refractivity contribution is -0.135. The molecule has 1 amide bonds. The van der Waals surface area contributed by atoms with Gasteiger partial charge in [-0.2, -0.15) is 0 Å². The fraction of sp³-hybridized carbons (Fsp3) is 0.412. The number of nitrogens with one attached hydrogen (secondary N) is 1. The first kappa shape index (κ1) is 18.3. The highest BCUT2D eigenvalue weighted by molar-refractivity contribution is 7.15. The molecule has 0 saturated heterocycles. The van der Waals surface area contributed by atoms with Crippen LogP contribution in [0.15, 0.2) is 29.4 Å². The first-order valence-corrected chi connectivity index (χ1v) is 8.88. The summed E-state index contributed by atoms with van der Waals surface area (Å²) in [6.07, 6.45) is 0.980. The number of hydrogen-bond donors (Lipinski definition) is 1. The third kappa shape index (κ3) is 3.83. The van der Waals surface area contributed by atoms with Gasteiger partial charge < -0.3 is 14.3 Å². The second-order valence-electron chi connectivity index (χ2n) is 5.94. The summed E-state index contributed by atoms with van der Waals surface area (Å²) in [5.41, 5.74) is 0.358. The highest BCUT2D eigenvalue weighted by Gasteiger charge is 2.43.